The standard InChI is InChI=1S/C16H19N3O6/c1-18-12(8-13(20)19(2)16(18)22)17-15(21)9-6-10(23-3)14(25-5)11(7-9)24-4/h6-8H,1-5H3,(H,17,21). The van der Waals surface area contributed by atoms with Gasteiger partial charge in [0.2, 0.25) is 5.75 Å². The minimum absolute atomic E-state index is 0.0758. The van der Waals surface area contributed by atoms with E-state index in [2.05, 4.69) is 5.32 Å². The second-order valence-corrected chi connectivity index (χ2v) is 5.14. The van der Waals surface area contributed by atoms with Crippen molar-refractivity contribution in [1.29, 1.82) is 0 Å². The van der Waals surface area contributed by atoms with Gasteiger partial charge in [-0.3, -0.25) is 18.7 Å². The molecule has 9 nitrogen and oxygen atoms in total. The highest BCUT2D eigenvalue weighted by Crippen LogP contribution is 2.38. The van der Waals surface area contributed by atoms with E-state index in [1.54, 1.807) is 0 Å². The minimum Gasteiger partial charge on any atom is -0.493 e. The number of benzene rings is 1. The van der Waals surface area contributed by atoms with Crippen LogP contribution in [0, 0.1) is 0 Å². The molecular formula is C16H19N3O6. The molecule has 25 heavy (non-hydrogen) atoms. The van der Waals surface area contributed by atoms with Gasteiger partial charge in [0.05, 0.1) is 21.3 Å². The van der Waals surface area contributed by atoms with Gasteiger partial charge in [-0.05, 0) is 12.1 Å². The van der Waals surface area contributed by atoms with Gasteiger partial charge in [-0.2, -0.15) is 0 Å². The van der Waals surface area contributed by atoms with Crippen LogP contribution in [0.2, 0.25) is 0 Å². The lowest BCUT2D eigenvalue weighted by Crippen LogP contribution is -2.38. The molecule has 0 bridgehead atoms. The summed E-state index contributed by atoms with van der Waals surface area (Å²) >= 11 is 0. The van der Waals surface area contributed by atoms with Gasteiger partial charge >= 0.3 is 5.69 Å². The van der Waals surface area contributed by atoms with Crippen LogP contribution >= 0.6 is 0 Å². The first-order valence-electron chi connectivity index (χ1n) is 7.22. The average molecular weight is 349 g/mol. The van der Waals surface area contributed by atoms with Crippen molar-refractivity contribution < 1.29 is 19.0 Å². The number of anilines is 1. The lowest BCUT2D eigenvalue weighted by Gasteiger charge is -2.15. The fourth-order valence-electron chi connectivity index (χ4n) is 2.25. The van der Waals surface area contributed by atoms with E-state index < -0.39 is 17.2 Å². The topological polar surface area (TPSA) is 101 Å². The molecule has 0 aliphatic carbocycles. The largest absolute Gasteiger partial charge is 0.493 e. The maximum absolute atomic E-state index is 12.5. The van der Waals surface area contributed by atoms with Crippen molar-refractivity contribution in [2.45, 2.75) is 0 Å². The van der Waals surface area contributed by atoms with Crippen molar-refractivity contribution >= 4 is 11.7 Å². The summed E-state index contributed by atoms with van der Waals surface area (Å²) in [4.78, 5) is 36.2. The van der Waals surface area contributed by atoms with E-state index in [-0.39, 0.29) is 11.4 Å². The highest BCUT2D eigenvalue weighted by molar-refractivity contribution is 6.04. The molecule has 1 N–H and O–H groups in total. The summed E-state index contributed by atoms with van der Waals surface area (Å²) in [5, 5.41) is 2.53. The Labute approximate surface area is 143 Å². The molecule has 0 aliphatic rings. The highest BCUT2D eigenvalue weighted by Gasteiger charge is 2.18. The second kappa shape index (κ2) is 7.12. The fraction of sp³-hybridized carbons (Fsp3) is 0.312. The van der Waals surface area contributed by atoms with Crippen LogP contribution in [0.25, 0.3) is 0 Å². The summed E-state index contributed by atoms with van der Waals surface area (Å²) in [6.45, 7) is 0. The van der Waals surface area contributed by atoms with Crippen LogP contribution in [0.3, 0.4) is 0 Å². The maximum atomic E-state index is 12.5. The van der Waals surface area contributed by atoms with Crippen molar-refractivity contribution in [1.82, 2.24) is 9.13 Å². The van der Waals surface area contributed by atoms with Gasteiger partial charge in [0.15, 0.2) is 11.5 Å². The Balaban J connectivity index is 2.46. The van der Waals surface area contributed by atoms with Crippen molar-refractivity contribution in [3.63, 3.8) is 0 Å². The number of carbonyl (C=O) groups is 1. The van der Waals surface area contributed by atoms with Gasteiger partial charge in [0.25, 0.3) is 11.5 Å². The molecule has 1 heterocycles. The van der Waals surface area contributed by atoms with Gasteiger partial charge in [0, 0.05) is 25.7 Å². The smallest absolute Gasteiger partial charge is 0.332 e. The monoisotopic (exact) mass is 349 g/mol. The zero-order valence-corrected chi connectivity index (χ0v) is 14.6. The lowest BCUT2D eigenvalue weighted by atomic mass is 10.1. The molecule has 0 atom stereocenters. The average Bonchev–Trinajstić information content (AvgIpc) is 2.62. The molecule has 9 heteroatoms. The Morgan fingerprint density at radius 1 is 0.920 bits per heavy atom. The molecule has 0 unspecified atom stereocenters. The van der Waals surface area contributed by atoms with Crippen LogP contribution in [0.4, 0.5) is 5.82 Å². The van der Waals surface area contributed by atoms with Crippen molar-refractivity contribution in [3.8, 4) is 17.2 Å². The number of amides is 1. The molecule has 0 fully saturated rings. The van der Waals surface area contributed by atoms with Gasteiger partial charge in [-0.15, -0.1) is 0 Å². The first-order chi connectivity index (χ1) is 11.8. The summed E-state index contributed by atoms with van der Waals surface area (Å²) < 4.78 is 17.7. The van der Waals surface area contributed by atoms with E-state index in [0.717, 1.165) is 15.2 Å². The summed E-state index contributed by atoms with van der Waals surface area (Å²) in [5.41, 5.74) is -0.862. The molecule has 1 amide bonds. The molecule has 1 aromatic heterocycles. The van der Waals surface area contributed by atoms with Crippen LogP contribution in [0.1, 0.15) is 10.4 Å². The minimum atomic E-state index is -0.548. The summed E-state index contributed by atoms with van der Waals surface area (Å²) in [6.07, 6.45) is 0. The van der Waals surface area contributed by atoms with Gasteiger partial charge in [-0.1, -0.05) is 0 Å². The van der Waals surface area contributed by atoms with E-state index in [1.165, 1.54) is 47.6 Å². The number of methoxy groups -OCH3 is 3. The molecule has 0 spiro atoms. The molecule has 0 radical (unpaired) electrons. The molecule has 0 saturated heterocycles. The normalized spacial score (nSPS) is 10.3. The number of carbonyl (C=O) groups excluding carboxylic acids is 1. The third-order valence-electron chi connectivity index (χ3n) is 3.69. The van der Waals surface area contributed by atoms with Crippen molar-refractivity contribution in [2.75, 3.05) is 26.6 Å². The molecule has 134 valence electrons. The Morgan fingerprint density at radius 2 is 1.48 bits per heavy atom. The quantitative estimate of drug-likeness (QED) is 0.837. The number of rotatable bonds is 5. The van der Waals surface area contributed by atoms with Crippen LogP contribution < -0.4 is 30.8 Å². The predicted octanol–water partition coefficient (Wildman–Crippen LogP) is 0.362. The number of aromatic nitrogens is 2. The van der Waals surface area contributed by atoms with E-state index >= 15 is 0 Å². The molecule has 0 aliphatic heterocycles. The number of nitrogens with zero attached hydrogens (tertiary/aromatic N) is 2. The Bertz CT molecular complexity index is 903. The highest BCUT2D eigenvalue weighted by atomic mass is 16.5. The Kier molecular flexibility index (Phi) is 5.16. The van der Waals surface area contributed by atoms with Crippen LogP contribution in [-0.2, 0) is 14.1 Å². The first-order valence-corrected chi connectivity index (χ1v) is 7.22. The Hall–Kier alpha value is -3.23. The van der Waals surface area contributed by atoms with Crippen LogP contribution in [0.15, 0.2) is 27.8 Å². The predicted molar refractivity (Wildman–Crippen MR) is 91.0 cm³/mol. The summed E-state index contributed by atoms with van der Waals surface area (Å²) in [6, 6.07) is 4.10. The SMILES string of the molecule is COc1cc(C(=O)Nc2cc(=O)n(C)c(=O)n2C)cc(OC)c1OC. The third-order valence-corrected chi connectivity index (χ3v) is 3.69. The van der Waals surface area contributed by atoms with Crippen molar-refractivity contribution in [3.05, 3.63) is 44.6 Å². The molecule has 2 rings (SSSR count). The molecule has 0 saturated carbocycles. The van der Waals surface area contributed by atoms with E-state index in [4.69, 9.17) is 14.2 Å². The second-order valence-electron chi connectivity index (χ2n) is 5.14. The van der Waals surface area contributed by atoms with Gasteiger partial charge in [-0.25, -0.2) is 4.79 Å². The van der Waals surface area contributed by atoms with Crippen molar-refractivity contribution in [2.24, 2.45) is 14.1 Å². The number of hydrogen-bond donors (Lipinski definition) is 1. The summed E-state index contributed by atoms with van der Waals surface area (Å²) in [5.74, 6) is 0.506. The van der Waals surface area contributed by atoms with E-state index in [0.29, 0.717) is 17.2 Å². The lowest BCUT2D eigenvalue weighted by molar-refractivity contribution is 0.102. The number of hydrogen-bond acceptors (Lipinski definition) is 6. The Morgan fingerprint density at radius 3 is 1.96 bits per heavy atom. The van der Waals surface area contributed by atoms with Gasteiger partial charge < -0.3 is 19.5 Å². The zero-order chi connectivity index (χ0) is 18.7. The molecule has 1 aromatic carbocycles. The third kappa shape index (κ3) is 3.35. The van der Waals surface area contributed by atoms with E-state index in [9.17, 15) is 14.4 Å². The molecule has 2 aromatic rings. The van der Waals surface area contributed by atoms with Crippen LogP contribution in [0.5, 0.6) is 17.2 Å². The first kappa shape index (κ1) is 18.1. The fourth-order valence-corrected chi connectivity index (χ4v) is 2.25. The zero-order valence-electron chi connectivity index (χ0n) is 14.6. The van der Waals surface area contributed by atoms with E-state index in [1.807, 2.05) is 0 Å². The van der Waals surface area contributed by atoms with Crippen LogP contribution in [-0.4, -0.2) is 36.4 Å². The molecular weight excluding hydrogens is 330 g/mol. The summed E-state index contributed by atoms with van der Waals surface area (Å²) in [7, 11) is 7.13. The number of nitrogens with one attached hydrogen (secondary N) is 1. The maximum Gasteiger partial charge on any atom is 0.332 e. The van der Waals surface area contributed by atoms with Gasteiger partial charge in [0.1, 0.15) is 5.82 Å². The number of ether oxygens (including phenoxy) is 3.